The van der Waals surface area contributed by atoms with Crippen LogP contribution in [0.15, 0.2) is 22.8 Å². The third-order valence-corrected chi connectivity index (χ3v) is 2.71. The lowest BCUT2D eigenvalue weighted by Gasteiger charge is -2.17. The monoisotopic (exact) mass is 282 g/mol. The highest BCUT2D eigenvalue weighted by atomic mass is 79.9. The fourth-order valence-corrected chi connectivity index (χ4v) is 1.72. The van der Waals surface area contributed by atoms with E-state index in [2.05, 4.69) is 52.1 Å². The van der Waals surface area contributed by atoms with E-state index in [1.54, 1.807) is 4.52 Å². The molecule has 4 nitrogen and oxygen atoms in total. The smallest absolute Gasteiger partial charge is 0.243 e. The molecule has 0 aliphatic carbocycles. The summed E-state index contributed by atoms with van der Waals surface area (Å²) in [5.74, 6) is 0.668. The normalized spacial score (nSPS) is 12.0. The summed E-state index contributed by atoms with van der Waals surface area (Å²) in [4.78, 5) is 4.41. The topological polar surface area (TPSA) is 42.2 Å². The molecule has 2 rings (SSSR count). The van der Waals surface area contributed by atoms with Crippen molar-refractivity contribution in [2.75, 3.05) is 11.9 Å². The van der Waals surface area contributed by atoms with Crippen LogP contribution < -0.4 is 5.32 Å². The van der Waals surface area contributed by atoms with E-state index in [1.165, 1.54) is 0 Å². The predicted molar refractivity (Wildman–Crippen MR) is 68.6 cm³/mol. The number of halogens is 1. The van der Waals surface area contributed by atoms with Gasteiger partial charge in [0.1, 0.15) is 0 Å². The van der Waals surface area contributed by atoms with E-state index < -0.39 is 0 Å². The van der Waals surface area contributed by atoms with Gasteiger partial charge in [0.25, 0.3) is 0 Å². The Labute approximate surface area is 103 Å². The zero-order valence-electron chi connectivity index (χ0n) is 9.66. The van der Waals surface area contributed by atoms with Gasteiger partial charge in [0.15, 0.2) is 5.65 Å². The van der Waals surface area contributed by atoms with Gasteiger partial charge in [-0.05, 0) is 33.5 Å². The van der Waals surface area contributed by atoms with Crippen molar-refractivity contribution in [2.45, 2.75) is 20.8 Å². The van der Waals surface area contributed by atoms with Gasteiger partial charge in [-0.2, -0.15) is 4.98 Å². The van der Waals surface area contributed by atoms with Crippen molar-refractivity contribution in [3.05, 3.63) is 22.8 Å². The molecule has 5 heteroatoms. The van der Waals surface area contributed by atoms with Gasteiger partial charge >= 0.3 is 0 Å². The number of anilines is 1. The highest BCUT2D eigenvalue weighted by Gasteiger charge is 2.12. The summed E-state index contributed by atoms with van der Waals surface area (Å²) in [5.41, 5.74) is 1.05. The predicted octanol–water partition coefficient (Wildman–Crippen LogP) is 2.95. The number of nitrogens with one attached hydrogen (secondary N) is 1. The van der Waals surface area contributed by atoms with Crippen LogP contribution in [0.5, 0.6) is 0 Å². The molecular weight excluding hydrogens is 268 g/mol. The number of hydrogen-bond donors (Lipinski definition) is 1. The Balaban J connectivity index is 2.24. The third kappa shape index (κ3) is 2.52. The fourth-order valence-electron chi connectivity index (χ4n) is 1.29. The fraction of sp³-hybridized carbons (Fsp3) is 0.455. The Morgan fingerprint density at radius 3 is 2.81 bits per heavy atom. The van der Waals surface area contributed by atoms with E-state index in [9.17, 15) is 0 Å². The van der Waals surface area contributed by atoms with Crippen molar-refractivity contribution in [1.82, 2.24) is 14.6 Å². The molecular formula is C11H15BrN4. The lowest BCUT2D eigenvalue weighted by Crippen LogP contribution is -2.19. The van der Waals surface area contributed by atoms with Crippen LogP contribution >= 0.6 is 15.9 Å². The van der Waals surface area contributed by atoms with E-state index >= 15 is 0 Å². The summed E-state index contributed by atoms with van der Waals surface area (Å²) in [6.45, 7) is 7.37. The molecule has 86 valence electrons. The highest BCUT2D eigenvalue weighted by molar-refractivity contribution is 9.10. The van der Waals surface area contributed by atoms with E-state index in [0.717, 1.165) is 16.7 Å². The van der Waals surface area contributed by atoms with Crippen LogP contribution in [0.1, 0.15) is 20.8 Å². The number of pyridine rings is 1. The maximum absolute atomic E-state index is 4.41. The lowest BCUT2D eigenvalue weighted by atomic mass is 9.97. The minimum absolute atomic E-state index is 0.217. The van der Waals surface area contributed by atoms with Crippen molar-refractivity contribution < 1.29 is 0 Å². The number of nitrogens with zero attached hydrogens (tertiary/aromatic N) is 3. The molecule has 0 aliphatic rings. The first-order chi connectivity index (χ1) is 7.46. The molecule has 0 atom stereocenters. The van der Waals surface area contributed by atoms with E-state index in [4.69, 9.17) is 0 Å². The van der Waals surface area contributed by atoms with Gasteiger partial charge in [-0.15, -0.1) is 5.10 Å². The van der Waals surface area contributed by atoms with Gasteiger partial charge in [0.05, 0.1) is 4.47 Å². The van der Waals surface area contributed by atoms with Crippen LogP contribution in [0, 0.1) is 5.41 Å². The number of fused-ring (bicyclic) bond motifs is 1. The summed E-state index contributed by atoms with van der Waals surface area (Å²) >= 11 is 3.45. The van der Waals surface area contributed by atoms with E-state index in [-0.39, 0.29) is 5.41 Å². The van der Waals surface area contributed by atoms with Crippen LogP contribution in [0.2, 0.25) is 0 Å². The zero-order chi connectivity index (χ0) is 11.8. The van der Waals surface area contributed by atoms with Gasteiger partial charge in [-0.25, -0.2) is 4.52 Å². The highest BCUT2D eigenvalue weighted by Crippen LogP contribution is 2.18. The molecule has 2 aromatic heterocycles. The first-order valence-corrected chi connectivity index (χ1v) is 6.00. The van der Waals surface area contributed by atoms with Crippen molar-refractivity contribution >= 4 is 27.5 Å². The van der Waals surface area contributed by atoms with Crippen molar-refractivity contribution in [3.8, 4) is 0 Å². The molecule has 1 N–H and O–H groups in total. The van der Waals surface area contributed by atoms with Gasteiger partial charge in [0, 0.05) is 12.7 Å². The number of hydrogen-bond acceptors (Lipinski definition) is 3. The van der Waals surface area contributed by atoms with Crippen LogP contribution in [0.25, 0.3) is 5.65 Å². The molecule has 2 heterocycles. The maximum Gasteiger partial charge on any atom is 0.243 e. The first kappa shape index (κ1) is 11.4. The van der Waals surface area contributed by atoms with Gasteiger partial charge < -0.3 is 5.32 Å². The summed E-state index contributed by atoms with van der Waals surface area (Å²) in [6.07, 6.45) is 1.88. The standard InChI is InChI=1S/C11H15BrN4/c1-11(2,3)7-13-10-14-9-8(12)5-4-6-16(9)15-10/h4-6H,7H2,1-3H3,(H,13,15). The summed E-state index contributed by atoms with van der Waals surface area (Å²) in [6, 6.07) is 3.89. The van der Waals surface area contributed by atoms with Gasteiger partial charge in [-0.1, -0.05) is 20.8 Å². The van der Waals surface area contributed by atoms with Crippen LogP contribution in [0.3, 0.4) is 0 Å². The molecule has 2 aromatic rings. The van der Waals surface area contributed by atoms with Crippen molar-refractivity contribution in [3.63, 3.8) is 0 Å². The van der Waals surface area contributed by atoms with E-state index in [1.807, 2.05) is 18.3 Å². The lowest BCUT2D eigenvalue weighted by molar-refractivity contribution is 0.442. The molecule has 0 amide bonds. The molecule has 16 heavy (non-hydrogen) atoms. The van der Waals surface area contributed by atoms with Gasteiger partial charge in [-0.3, -0.25) is 0 Å². The molecule has 0 unspecified atom stereocenters. The minimum atomic E-state index is 0.217. The van der Waals surface area contributed by atoms with E-state index in [0.29, 0.717) is 5.95 Å². The molecule has 0 saturated heterocycles. The van der Waals surface area contributed by atoms with Crippen molar-refractivity contribution in [1.29, 1.82) is 0 Å². The SMILES string of the molecule is CC(C)(C)CNc1nc2c(Br)cccn2n1. The Morgan fingerprint density at radius 2 is 2.19 bits per heavy atom. The Hall–Kier alpha value is -1.10. The second-order valence-corrected chi connectivity index (χ2v) is 5.83. The average Bonchev–Trinajstić information content (AvgIpc) is 2.58. The summed E-state index contributed by atoms with van der Waals surface area (Å²) in [7, 11) is 0. The Bertz CT molecular complexity index is 498. The summed E-state index contributed by atoms with van der Waals surface area (Å²) in [5, 5.41) is 7.58. The minimum Gasteiger partial charge on any atom is -0.352 e. The number of rotatable bonds is 2. The van der Waals surface area contributed by atoms with Crippen LogP contribution in [0.4, 0.5) is 5.95 Å². The largest absolute Gasteiger partial charge is 0.352 e. The van der Waals surface area contributed by atoms with Crippen molar-refractivity contribution in [2.24, 2.45) is 5.41 Å². The molecule has 0 aliphatic heterocycles. The average molecular weight is 283 g/mol. The quantitative estimate of drug-likeness (QED) is 0.921. The molecule has 0 spiro atoms. The maximum atomic E-state index is 4.41. The molecule has 0 radical (unpaired) electrons. The van der Waals surface area contributed by atoms with Gasteiger partial charge in [0.2, 0.25) is 5.95 Å². The van der Waals surface area contributed by atoms with Crippen LogP contribution in [-0.2, 0) is 0 Å². The molecule has 0 aromatic carbocycles. The van der Waals surface area contributed by atoms with Crippen LogP contribution in [-0.4, -0.2) is 21.1 Å². The zero-order valence-corrected chi connectivity index (χ0v) is 11.2. The summed E-state index contributed by atoms with van der Waals surface area (Å²) < 4.78 is 2.71. The molecule has 0 bridgehead atoms. The number of aromatic nitrogens is 3. The third-order valence-electron chi connectivity index (χ3n) is 2.09. The Morgan fingerprint density at radius 1 is 1.44 bits per heavy atom. The second-order valence-electron chi connectivity index (χ2n) is 4.97. The molecule has 0 saturated carbocycles. The molecule has 0 fully saturated rings. The Kier molecular flexibility index (Phi) is 2.88. The second kappa shape index (κ2) is 4.05. The first-order valence-electron chi connectivity index (χ1n) is 5.20.